The van der Waals surface area contributed by atoms with Crippen molar-refractivity contribution in [2.75, 3.05) is 18.9 Å². The van der Waals surface area contributed by atoms with E-state index in [2.05, 4.69) is 10.4 Å². The van der Waals surface area contributed by atoms with E-state index in [1.165, 1.54) is 23.1 Å². The van der Waals surface area contributed by atoms with E-state index in [9.17, 15) is 14.0 Å². The molecule has 0 saturated carbocycles. The molecule has 0 aliphatic carbocycles. The molecule has 2 aromatic carbocycles. The smallest absolute Gasteiger partial charge is 0.239 e. The molecule has 7 nitrogen and oxygen atoms in total. The molecule has 0 radical (unpaired) electrons. The molecule has 0 aliphatic rings. The Morgan fingerprint density at radius 3 is 2.50 bits per heavy atom. The predicted molar refractivity (Wildman–Crippen MR) is 113 cm³/mol. The maximum Gasteiger partial charge on any atom is 0.239 e. The third-order valence-electron chi connectivity index (χ3n) is 4.65. The van der Waals surface area contributed by atoms with Crippen LogP contribution in [-0.4, -0.2) is 40.1 Å². The molecule has 156 valence electrons. The summed E-state index contributed by atoms with van der Waals surface area (Å²) < 4.78 is 15.2. The molecule has 2 amide bonds. The lowest BCUT2D eigenvalue weighted by molar-refractivity contribution is -0.124. The van der Waals surface area contributed by atoms with Gasteiger partial charge in [-0.3, -0.25) is 14.5 Å². The summed E-state index contributed by atoms with van der Waals surface area (Å²) >= 11 is 0. The number of rotatable bonds is 7. The highest BCUT2D eigenvalue weighted by Crippen LogP contribution is 2.21. The zero-order chi connectivity index (χ0) is 21.8. The van der Waals surface area contributed by atoms with E-state index in [1.807, 2.05) is 38.1 Å². The normalized spacial score (nSPS) is 12.0. The molecule has 0 bridgehead atoms. The minimum atomic E-state index is -0.935. The average Bonchev–Trinajstić information content (AvgIpc) is 3.02. The van der Waals surface area contributed by atoms with Crippen LogP contribution in [0.2, 0.25) is 0 Å². The Kier molecular flexibility index (Phi) is 6.27. The van der Waals surface area contributed by atoms with Crippen LogP contribution in [0.4, 0.5) is 10.2 Å². The van der Waals surface area contributed by atoms with Crippen LogP contribution < -0.4 is 11.1 Å². The van der Waals surface area contributed by atoms with Crippen LogP contribution in [0.3, 0.4) is 0 Å². The van der Waals surface area contributed by atoms with Crippen molar-refractivity contribution in [2.45, 2.75) is 19.9 Å². The van der Waals surface area contributed by atoms with Crippen LogP contribution >= 0.6 is 0 Å². The van der Waals surface area contributed by atoms with E-state index in [1.54, 1.807) is 23.9 Å². The Morgan fingerprint density at radius 2 is 1.87 bits per heavy atom. The molecule has 30 heavy (non-hydrogen) atoms. The summed E-state index contributed by atoms with van der Waals surface area (Å²) in [6.45, 7) is 3.70. The first-order chi connectivity index (χ1) is 14.2. The lowest BCUT2D eigenvalue weighted by atomic mass is 10.0. The Bertz CT molecular complexity index is 1060. The average molecular weight is 409 g/mol. The summed E-state index contributed by atoms with van der Waals surface area (Å²) in [4.78, 5) is 26.1. The van der Waals surface area contributed by atoms with Crippen molar-refractivity contribution in [2.24, 2.45) is 5.73 Å². The number of hydrogen-bond acceptors (Lipinski definition) is 4. The maximum atomic E-state index is 13.6. The maximum absolute atomic E-state index is 13.6. The number of carbonyl (C=O) groups excluding carboxylic acids is 2. The molecular weight excluding hydrogens is 385 g/mol. The third-order valence-corrected chi connectivity index (χ3v) is 4.65. The number of hydrogen-bond donors (Lipinski definition) is 2. The number of nitrogens with zero attached hydrogens (tertiary/aromatic N) is 3. The summed E-state index contributed by atoms with van der Waals surface area (Å²) in [6.07, 6.45) is 0. The lowest BCUT2D eigenvalue weighted by Crippen LogP contribution is -2.40. The van der Waals surface area contributed by atoms with Crippen molar-refractivity contribution >= 4 is 17.6 Å². The van der Waals surface area contributed by atoms with Gasteiger partial charge in [0.25, 0.3) is 0 Å². The first-order valence-electron chi connectivity index (χ1n) is 9.43. The van der Waals surface area contributed by atoms with E-state index in [4.69, 9.17) is 5.73 Å². The Labute approximate surface area is 174 Å². The van der Waals surface area contributed by atoms with E-state index >= 15 is 0 Å². The van der Waals surface area contributed by atoms with Gasteiger partial charge in [-0.25, -0.2) is 9.07 Å². The molecule has 3 rings (SSSR count). The minimum Gasteiger partial charge on any atom is -0.368 e. The number of carbonyl (C=O) groups is 2. The van der Waals surface area contributed by atoms with Gasteiger partial charge >= 0.3 is 0 Å². The number of benzene rings is 2. The number of nitrogens with one attached hydrogen (secondary N) is 1. The van der Waals surface area contributed by atoms with Crippen molar-refractivity contribution in [3.8, 4) is 5.69 Å². The highest BCUT2D eigenvalue weighted by Gasteiger charge is 2.25. The predicted octanol–water partition coefficient (Wildman–Crippen LogP) is 2.73. The highest BCUT2D eigenvalue weighted by atomic mass is 19.1. The molecule has 3 aromatic rings. The molecule has 0 spiro atoms. The number of likely N-dealkylation sites (N-methyl/N-ethyl adjacent to an activating group) is 1. The van der Waals surface area contributed by atoms with Crippen molar-refractivity contribution < 1.29 is 14.0 Å². The molecule has 8 heteroatoms. The van der Waals surface area contributed by atoms with E-state index < -0.39 is 17.8 Å². The second-order valence-electron chi connectivity index (χ2n) is 7.24. The van der Waals surface area contributed by atoms with Crippen LogP contribution in [0, 0.1) is 19.7 Å². The number of nitrogens with two attached hydrogens (primary N) is 1. The van der Waals surface area contributed by atoms with Crippen molar-refractivity contribution in [1.82, 2.24) is 14.7 Å². The Balaban J connectivity index is 1.76. The summed E-state index contributed by atoms with van der Waals surface area (Å²) in [7, 11) is 1.59. The van der Waals surface area contributed by atoms with Gasteiger partial charge in [0.1, 0.15) is 17.7 Å². The van der Waals surface area contributed by atoms with Gasteiger partial charge in [0.05, 0.1) is 17.9 Å². The van der Waals surface area contributed by atoms with Gasteiger partial charge in [-0.2, -0.15) is 5.10 Å². The SMILES string of the molecule is Cc1ccc(-n2nc(C)cc2NC(=O)CN(C)C(C(N)=O)c2cccc(F)c2)cc1. The summed E-state index contributed by atoms with van der Waals surface area (Å²) in [6, 6.07) is 14.2. The van der Waals surface area contributed by atoms with Crippen LogP contribution in [0.5, 0.6) is 0 Å². The molecule has 0 aliphatic heterocycles. The fraction of sp³-hybridized carbons (Fsp3) is 0.227. The standard InChI is InChI=1S/C22H24FN5O2/c1-14-7-9-18(10-8-14)28-19(11-15(2)26-28)25-20(29)13-27(3)21(22(24)30)16-5-4-6-17(23)12-16/h4-12,21H,13H2,1-3H3,(H2,24,30)(H,25,29). The van der Waals surface area contributed by atoms with E-state index in [-0.39, 0.29) is 12.5 Å². The zero-order valence-electron chi connectivity index (χ0n) is 17.1. The van der Waals surface area contributed by atoms with Gasteiger partial charge < -0.3 is 11.1 Å². The first-order valence-corrected chi connectivity index (χ1v) is 9.43. The third kappa shape index (κ3) is 4.90. The van der Waals surface area contributed by atoms with Crippen molar-refractivity contribution in [3.63, 3.8) is 0 Å². The fourth-order valence-electron chi connectivity index (χ4n) is 3.28. The Morgan fingerprint density at radius 1 is 1.17 bits per heavy atom. The second kappa shape index (κ2) is 8.87. The second-order valence-corrected chi connectivity index (χ2v) is 7.24. The van der Waals surface area contributed by atoms with Gasteiger partial charge in [0.2, 0.25) is 11.8 Å². The fourth-order valence-corrected chi connectivity index (χ4v) is 3.28. The van der Waals surface area contributed by atoms with Gasteiger partial charge in [0, 0.05) is 6.07 Å². The number of halogens is 1. The molecule has 1 heterocycles. The van der Waals surface area contributed by atoms with Crippen LogP contribution in [-0.2, 0) is 9.59 Å². The number of primary amides is 1. The highest BCUT2D eigenvalue weighted by molar-refractivity contribution is 5.92. The van der Waals surface area contributed by atoms with Gasteiger partial charge in [-0.1, -0.05) is 29.8 Å². The number of amides is 2. The monoisotopic (exact) mass is 409 g/mol. The van der Waals surface area contributed by atoms with Crippen LogP contribution in [0.15, 0.2) is 54.6 Å². The summed E-state index contributed by atoms with van der Waals surface area (Å²) in [5.74, 6) is -0.991. The van der Waals surface area contributed by atoms with Crippen molar-refractivity contribution in [3.05, 3.63) is 77.2 Å². The van der Waals surface area contributed by atoms with E-state index in [0.717, 1.165) is 16.9 Å². The Hall–Kier alpha value is -3.52. The molecule has 1 unspecified atom stereocenters. The topological polar surface area (TPSA) is 93.2 Å². The summed E-state index contributed by atoms with van der Waals surface area (Å²) in [5, 5.41) is 7.26. The summed E-state index contributed by atoms with van der Waals surface area (Å²) in [5.41, 5.74) is 8.57. The molecule has 1 atom stereocenters. The number of aryl methyl sites for hydroxylation is 2. The zero-order valence-corrected chi connectivity index (χ0v) is 17.1. The van der Waals surface area contributed by atoms with Gasteiger partial charge in [0.15, 0.2) is 0 Å². The molecule has 3 N–H and O–H groups in total. The van der Waals surface area contributed by atoms with Crippen LogP contribution in [0.25, 0.3) is 5.69 Å². The largest absolute Gasteiger partial charge is 0.368 e. The lowest BCUT2D eigenvalue weighted by Gasteiger charge is -2.25. The van der Waals surface area contributed by atoms with Crippen molar-refractivity contribution in [1.29, 1.82) is 0 Å². The number of anilines is 1. The van der Waals surface area contributed by atoms with Gasteiger partial charge in [-0.15, -0.1) is 0 Å². The quantitative estimate of drug-likeness (QED) is 0.628. The van der Waals surface area contributed by atoms with E-state index in [0.29, 0.717) is 11.4 Å². The first kappa shape index (κ1) is 21.2. The molecule has 0 fully saturated rings. The molecule has 1 aromatic heterocycles. The minimum absolute atomic E-state index is 0.123. The number of aromatic nitrogens is 2. The van der Waals surface area contributed by atoms with Crippen LogP contribution in [0.1, 0.15) is 22.9 Å². The molecular formula is C22H24FN5O2. The molecule has 0 saturated heterocycles. The van der Waals surface area contributed by atoms with Gasteiger partial charge in [-0.05, 0) is 50.7 Å².